The van der Waals surface area contributed by atoms with E-state index in [0.717, 1.165) is 6.42 Å². The van der Waals surface area contributed by atoms with Crippen molar-refractivity contribution in [2.24, 2.45) is 0 Å². The zero-order valence-electron chi connectivity index (χ0n) is 8.00. The fraction of sp³-hybridized carbons (Fsp3) is 0.571. The summed E-state index contributed by atoms with van der Waals surface area (Å²) in [5.74, 6) is 0.464. The zero-order chi connectivity index (χ0) is 10.4. The smallest absolute Gasteiger partial charge is 0.244 e. The van der Waals surface area contributed by atoms with Crippen molar-refractivity contribution in [2.45, 2.75) is 13.3 Å². The topological polar surface area (TPSA) is 109 Å². The molecule has 1 heterocycles. The van der Waals surface area contributed by atoms with Gasteiger partial charge in [-0.25, -0.2) is 5.10 Å². The van der Waals surface area contributed by atoms with E-state index in [0.29, 0.717) is 12.5 Å². The number of aromatic nitrogens is 3. The fourth-order valence-corrected chi connectivity index (χ4v) is 0.840. The van der Waals surface area contributed by atoms with E-state index in [4.69, 9.17) is 5.73 Å². The Kier molecular flexibility index (Phi) is 3.71. The molecule has 0 fully saturated rings. The van der Waals surface area contributed by atoms with Gasteiger partial charge in [-0.1, -0.05) is 6.92 Å². The number of nitrogens with two attached hydrogens (primary N) is 1. The SMILES string of the molecule is CCCNC(=O)CNc1n[nH]c(N)n1. The van der Waals surface area contributed by atoms with Gasteiger partial charge in [-0.05, 0) is 6.42 Å². The molecule has 0 atom stereocenters. The van der Waals surface area contributed by atoms with Crippen LogP contribution >= 0.6 is 0 Å². The highest BCUT2D eigenvalue weighted by Crippen LogP contribution is 1.96. The van der Waals surface area contributed by atoms with E-state index < -0.39 is 0 Å². The number of carbonyl (C=O) groups excluding carboxylic acids is 1. The lowest BCUT2D eigenvalue weighted by atomic mass is 10.4. The molecule has 78 valence electrons. The third-order valence-electron chi connectivity index (χ3n) is 1.48. The summed E-state index contributed by atoms with van der Waals surface area (Å²) in [6.45, 7) is 2.82. The molecule has 0 saturated carbocycles. The molecule has 5 N–H and O–H groups in total. The predicted octanol–water partition coefficient (Wildman–Crippen LogP) is -0.675. The Morgan fingerprint density at radius 3 is 3.00 bits per heavy atom. The van der Waals surface area contributed by atoms with E-state index in [2.05, 4.69) is 25.8 Å². The summed E-state index contributed by atoms with van der Waals surface area (Å²) in [5.41, 5.74) is 5.30. The van der Waals surface area contributed by atoms with Crippen LogP contribution in [0.4, 0.5) is 11.9 Å². The number of anilines is 2. The normalized spacial score (nSPS) is 9.79. The highest BCUT2D eigenvalue weighted by molar-refractivity contribution is 5.80. The number of nitrogens with zero attached hydrogens (tertiary/aromatic N) is 2. The lowest BCUT2D eigenvalue weighted by Gasteiger charge is -2.02. The van der Waals surface area contributed by atoms with Crippen molar-refractivity contribution in [1.82, 2.24) is 20.5 Å². The van der Waals surface area contributed by atoms with Crippen molar-refractivity contribution >= 4 is 17.8 Å². The van der Waals surface area contributed by atoms with Gasteiger partial charge < -0.3 is 16.4 Å². The lowest BCUT2D eigenvalue weighted by molar-refractivity contribution is -0.119. The molecule has 0 saturated heterocycles. The average molecular weight is 198 g/mol. The standard InChI is InChI=1S/C7H14N6O/c1-2-3-9-5(14)4-10-7-11-6(8)12-13-7/h2-4H2,1H3,(H,9,14)(H4,8,10,11,12,13). The van der Waals surface area contributed by atoms with Gasteiger partial charge in [0.2, 0.25) is 17.8 Å². The van der Waals surface area contributed by atoms with Gasteiger partial charge in [-0.15, -0.1) is 5.10 Å². The largest absolute Gasteiger partial charge is 0.368 e. The van der Waals surface area contributed by atoms with Crippen molar-refractivity contribution in [3.8, 4) is 0 Å². The van der Waals surface area contributed by atoms with E-state index >= 15 is 0 Å². The number of hydrogen-bond acceptors (Lipinski definition) is 5. The van der Waals surface area contributed by atoms with Gasteiger partial charge >= 0.3 is 0 Å². The summed E-state index contributed by atoms with van der Waals surface area (Å²) in [6, 6.07) is 0. The molecule has 1 amide bonds. The summed E-state index contributed by atoms with van der Waals surface area (Å²) in [5, 5.41) is 11.6. The zero-order valence-corrected chi connectivity index (χ0v) is 8.00. The molecular weight excluding hydrogens is 184 g/mol. The fourth-order valence-electron chi connectivity index (χ4n) is 0.840. The first-order valence-corrected chi connectivity index (χ1v) is 4.40. The summed E-state index contributed by atoms with van der Waals surface area (Å²) in [6.07, 6.45) is 0.916. The van der Waals surface area contributed by atoms with Gasteiger partial charge in [0.25, 0.3) is 0 Å². The first-order chi connectivity index (χ1) is 6.72. The second kappa shape index (κ2) is 5.05. The summed E-state index contributed by atoms with van der Waals surface area (Å²) >= 11 is 0. The number of nitrogens with one attached hydrogen (secondary N) is 3. The minimum Gasteiger partial charge on any atom is -0.368 e. The molecule has 1 rings (SSSR count). The van der Waals surface area contributed by atoms with Crippen LogP contribution in [0.15, 0.2) is 0 Å². The lowest BCUT2D eigenvalue weighted by Crippen LogP contribution is -2.30. The first kappa shape index (κ1) is 10.3. The van der Waals surface area contributed by atoms with Gasteiger partial charge in [-0.2, -0.15) is 4.98 Å². The highest BCUT2D eigenvalue weighted by Gasteiger charge is 2.02. The van der Waals surface area contributed by atoms with Crippen molar-refractivity contribution < 1.29 is 4.79 Å². The number of hydrogen-bond donors (Lipinski definition) is 4. The second-order valence-electron chi connectivity index (χ2n) is 2.75. The van der Waals surface area contributed by atoms with Crippen molar-refractivity contribution in [1.29, 1.82) is 0 Å². The predicted molar refractivity (Wildman–Crippen MR) is 52.6 cm³/mol. The van der Waals surface area contributed by atoms with Crippen LogP contribution in [0.1, 0.15) is 13.3 Å². The quantitative estimate of drug-likeness (QED) is 0.501. The molecular formula is C7H14N6O. The van der Waals surface area contributed by atoms with Crippen LogP contribution in [0.3, 0.4) is 0 Å². The van der Waals surface area contributed by atoms with Crippen LogP contribution in [0, 0.1) is 0 Å². The Morgan fingerprint density at radius 1 is 1.64 bits per heavy atom. The van der Waals surface area contributed by atoms with Crippen LogP contribution < -0.4 is 16.4 Å². The van der Waals surface area contributed by atoms with E-state index in [9.17, 15) is 4.79 Å². The highest BCUT2D eigenvalue weighted by atomic mass is 16.1. The molecule has 14 heavy (non-hydrogen) atoms. The van der Waals surface area contributed by atoms with Crippen molar-refractivity contribution in [3.05, 3.63) is 0 Å². The summed E-state index contributed by atoms with van der Waals surface area (Å²) < 4.78 is 0. The van der Waals surface area contributed by atoms with E-state index in [1.807, 2.05) is 6.92 Å². The Bertz CT molecular complexity index is 296. The number of carbonyl (C=O) groups is 1. The van der Waals surface area contributed by atoms with E-state index in [1.165, 1.54) is 0 Å². The summed E-state index contributed by atoms with van der Waals surface area (Å²) in [4.78, 5) is 14.9. The second-order valence-corrected chi connectivity index (χ2v) is 2.75. The molecule has 7 nitrogen and oxygen atoms in total. The first-order valence-electron chi connectivity index (χ1n) is 4.40. The maximum absolute atomic E-state index is 11.1. The van der Waals surface area contributed by atoms with Gasteiger partial charge in [0.1, 0.15) is 0 Å². The Balaban J connectivity index is 2.23. The molecule has 7 heteroatoms. The summed E-state index contributed by atoms with van der Waals surface area (Å²) in [7, 11) is 0. The van der Waals surface area contributed by atoms with Crippen molar-refractivity contribution in [3.63, 3.8) is 0 Å². The third kappa shape index (κ3) is 3.30. The number of aromatic amines is 1. The molecule has 1 aromatic heterocycles. The molecule has 0 aliphatic rings. The molecule has 0 aliphatic heterocycles. The van der Waals surface area contributed by atoms with Crippen molar-refractivity contribution in [2.75, 3.05) is 24.1 Å². The van der Waals surface area contributed by atoms with E-state index in [-0.39, 0.29) is 18.4 Å². The van der Waals surface area contributed by atoms with Gasteiger partial charge in [0.05, 0.1) is 6.54 Å². The van der Waals surface area contributed by atoms with Crippen LogP contribution in [0.2, 0.25) is 0 Å². The Labute approximate surface area is 81.5 Å². The number of nitrogen functional groups attached to an aromatic ring is 1. The molecule has 0 unspecified atom stereocenters. The Morgan fingerprint density at radius 2 is 2.43 bits per heavy atom. The van der Waals surface area contributed by atoms with Gasteiger partial charge in [0.15, 0.2) is 0 Å². The molecule has 0 aromatic carbocycles. The minimum atomic E-state index is -0.0878. The van der Waals surface area contributed by atoms with Gasteiger partial charge in [-0.3, -0.25) is 4.79 Å². The van der Waals surface area contributed by atoms with Crippen LogP contribution in [0.25, 0.3) is 0 Å². The van der Waals surface area contributed by atoms with Crippen LogP contribution in [-0.2, 0) is 4.79 Å². The average Bonchev–Trinajstić information content (AvgIpc) is 2.58. The monoisotopic (exact) mass is 198 g/mol. The van der Waals surface area contributed by atoms with Crippen LogP contribution in [-0.4, -0.2) is 34.2 Å². The minimum absolute atomic E-state index is 0.0878. The third-order valence-corrected chi connectivity index (χ3v) is 1.48. The number of amides is 1. The molecule has 0 radical (unpaired) electrons. The maximum atomic E-state index is 11.1. The molecule has 0 bridgehead atoms. The maximum Gasteiger partial charge on any atom is 0.244 e. The molecule has 0 aliphatic carbocycles. The molecule has 1 aromatic rings. The van der Waals surface area contributed by atoms with E-state index in [1.54, 1.807) is 0 Å². The Hall–Kier alpha value is -1.79. The number of rotatable bonds is 5. The van der Waals surface area contributed by atoms with Crippen LogP contribution in [0.5, 0.6) is 0 Å². The molecule has 0 spiro atoms. The van der Waals surface area contributed by atoms with Gasteiger partial charge in [0, 0.05) is 6.54 Å². The number of H-pyrrole nitrogens is 1.